The van der Waals surface area contributed by atoms with Crippen LogP contribution in [-0.2, 0) is 9.59 Å². The lowest BCUT2D eigenvalue weighted by atomic mass is 9.78. The summed E-state index contributed by atoms with van der Waals surface area (Å²) >= 11 is 0. The average Bonchev–Trinajstić information content (AvgIpc) is 3.32. The molecule has 0 aromatic heterocycles. The van der Waals surface area contributed by atoms with Crippen LogP contribution >= 0.6 is 0 Å². The molecule has 0 radical (unpaired) electrons. The highest BCUT2D eigenvalue weighted by atomic mass is 19.1. The molecular weight excluding hydrogens is 381 g/mol. The van der Waals surface area contributed by atoms with E-state index in [0.717, 1.165) is 57.2 Å². The van der Waals surface area contributed by atoms with Gasteiger partial charge in [-0.15, -0.1) is 0 Å². The Kier molecular flexibility index (Phi) is 5.19. The van der Waals surface area contributed by atoms with Crippen LogP contribution in [0.15, 0.2) is 18.2 Å². The van der Waals surface area contributed by atoms with Crippen molar-refractivity contribution in [2.45, 2.75) is 69.7 Å². The number of benzene rings is 1. The van der Waals surface area contributed by atoms with Crippen LogP contribution in [0.25, 0.3) is 0 Å². The van der Waals surface area contributed by atoms with Gasteiger partial charge in [-0.05, 0) is 56.2 Å². The zero-order chi connectivity index (χ0) is 20.7. The minimum atomic E-state index is -0.355. The van der Waals surface area contributed by atoms with Crippen LogP contribution in [0.1, 0.15) is 69.3 Å². The van der Waals surface area contributed by atoms with Crippen LogP contribution in [-0.4, -0.2) is 48.9 Å². The lowest BCUT2D eigenvalue weighted by Gasteiger charge is -2.41. The van der Waals surface area contributed by atoms with Gasteiger partial charge < -0.3 is 15.1 Å². The van der Waals surface area contributed by atoms with E-state index < -0.39 is 0 Å². The Morgan fingerprint density at radius 2 is 1.83 bits per heavy atom. The first-order chi connectivity index (χ1) is 14.6. The van der Waals surface area contributed by atoms with Crippen LogP contribution in [0.5, 0.6) is 0 Å². The molecule has 162 valence electrons. The van der Waals surface area contributed by atoms with E-state index in [9.17, 15) is 9.59 Å². The number of piperidine rings is 1. The molecule has 3 aliphatic heterocycles. The lowest BCUT2D eigenvalue weighted by Crippen LogP contribution is -2.50. The molecule has 1 aliphatic carbocycles. The van der Waals surface area contributed by atoms with E-state index in [1.54, 1.807) is 0 Å². The first kappa shape index (κ1) is 19.8. The summed E-state index contributed by atoms with van der Waals surface area (Å²) < 4.78 is 15.1. The fraction of sp³-hybridized carbons (Fsp3) is 0.667. The molecule has 3 heterocycles. The number of carbonyl (C=O) groups excluding carboxylic acids is 2. The second kappa shape index (κ2) is 7.86. The van der Waals surface area contributed by atoms with Gasteiger partial charge in [-0.2, -0.15) is 0 Å². The van der Waals surface area contributed by atoms with Gasteiger partial charge in [-0.1, -0.05) is 25.3 Å². The van der Waals surface area contributed by atoms with Gasteiger partial charge in [0, 0.05) is 32.2 Å². The van der Waals surface area contributed by atoms with Crippen LogP contribution in [0, 0.1) is 11.2 Å². The third-order valence-electron chi connectivity index (χ3n) is 7.90. The number of hydrogen-bond donors (Lipinski definition) is 1. The van der Waals surface area contributed by atoms with Gasteiger partial charge in [0.05, 0.1) is 17.0 Å². The average molecular weight is 414 g/mol. The van der Waals surface area contributed by atoms with Crippen molar-refractivity contribution in [2.75, 3.05) is 31.1 Å². The molecule has 2 atom stereocenters. The quantitative estimate of drug-likeness (QED) is 0.824. The maximum absolute atomic E-state index is 15.1. The molecule has 1 saturated carbocycles. The van der Waals surface area contributed by atoms with Gasteiger partial charge in [0.1, 0.15) is 5.82 Å². The fourth-order valence-corrected chi connectivity index (χ4v) is 6.21. The summed E-state index contributed by atoms with van der Waals surface area (Å²) in [5.41, 5.74) is 0.963. The van der Waals surface area contributed by atoms with Gasteiger partial charge >= 0.3 is 0 Å². The molecule has 5 nitrogen and oxygen atoms in total. The number of hydrogen-bond acceptors (Lipinski definition) is 3. The fourth-order valence-electron chi connectivity index (χ4n) is 6.21. The molecule has 1 spiro atoms. The molecule has 0 bridgehead atoms. The first-order valence-electron chi connectivity index (χ1n) is 11.7. The van der Waals surface area contributed by atoms with Crippen LogP contribution in [0.4, 0.5) is 10.1 Å². The summed E-state index contributed by atoms with van der Waals surface area (Å²) in [7, 11) is 0. The van der Waals surface area contributed by atoms with E-state index in [1.165, 1.54) is 25.3 Å². The zero-order valence-corrected chi connectivity index (χ0v) is 17.7. The first-order valence-corrected chi connectivity index (χ1v) is 11.7. The predicted molar refractivity (Wildman–Crippen MR) is 114 cm³/mol. The van der Waals surface area contributed by atoms with E-state index in [2.05, 4.69) is 15.1 Å². The van der Waals surface area contributed by atoms with E-state index in [1.807, 2.05) is 12.1 Å². The molecule has 4 fully saturated rings. The van der Waals surface area contributed by atoms with Crippen LogP contribution < -0.4 is 10.2 Å². The number of likely N-dealkylation sites (tertiary alicyclic amines) is 1. The summed E-state index contributed by atoms with van der Waals surface area (Å²) in [5.74, 6) is -0.238. The molecule has 1 aromatic rings. The van der Waals surface area contributed by atoms with E-state index in [-0.39, 0.29) is 23.1 Å². The van der Waals surface area contributed by atoms with Crippen LogP contribution in [0.3, 0.4) is 0 Å². The Morgan fingerprint density at radius 3 is 2.57 bits per heavy atom. The number of halogens is 1. The summed E-state index contributed by atoms with van der Waals surface area (Å²) in [5, 5.41) is 2.82. The highest BCUT2D eigenvalue weighted by Crippen LogP contribution is 2.44. The van der Waals surface area contributed by atoms with Gasteiger partial charge in [-0.25, -0.2) is 4.39 Å². The number of nitrogens with one attached hydrogen (secondary N) is 1. The standard InChI is InChI=1S/C24H32FN3O2/c25-20-15-17(19-9-12-26-22(19)29)7-8-21(20)27-13-4-10-24(16-27)11-14-28(23(24)30)18-5-2-1-3-6-18/h7-8,15,18-19H,1-6,9-14,16H2,(H,26,29)/t19-,24-/m1/s1. The largest absolute Gasteiger partial charge is 0.368 e. The maximum Gasteiger partial charge on any atom is 0.230 e. The Balaban J connectivity index is 1.33. The topological polar surface area (TPSA) is 52.7 Å². The monoisotopic (exact) mass is 413 g/mol. The Labute approximate surface area is 178 Å². The van der Waals surface area contributed by atoms with Gasteiger partial charge in [0.2, 0.25) is 11.8 Å². The molecule has 1 N–H and O–H groups in total. The van der Waals surface area contributed by atoms with Crippen molar-refractivity contribution >= 4 is 17.5 Å². The number of anilines is 1. The van der Waals surface area contributed by atoms with Crippen molar-refractivity contribution < 1.29 is 14.0 Å². The molecule has 4 aliphatic rings. The second-order valence-electron chi connectivity index (χ2n) is 9.69. The summed E-state index contributed by atoms with van der Waals surface area (Å²) in [6.45, 7) is 2.89. The summed E-state index contributed by atoms with van der Waals surface area (Å²) in [4.78, 5) is 29.6. The van der Waals surface area contributed by atoms with Crippen molar-refractivity contribution in [2.24, 2.45) is 5.41 Å². The molecule has 5 rings (SSSR count). The SMILES string of the molecule is O=C1NCC[C@@H]1c1ccc(N2CCC[C@@]3(CCN(C4CCCCC4)C3=O)C2)c(F)c1. The molecular formula is C24H32FN3O2. The molecule has 6 heteroatoms. The van der Waals surface area contributed by atoms with Crippen molar-refractivity contribution in [1.29, 1.82) is 0 Å². The predicted octanol–water partition coefficient (Wildman–Crippen LogP) is 3.58. The van der Waals surface area contributed by atoms with E-state index >= 15 is 4.39 Å². The van der Waals surface area contributed by atoms with Crippen molar-refractivity contribution in [3.63, 3.8) is 0 Å². The molecule has 30 heavy (non-hydrogen) atoms. The number of nitrogens with zero attached hydrogens (tertiary/aromatic N) is 2. The second-order valence-corrected chi connectivity index (χ2v) is 9.69. The van der Waals surface area contributed by atoms with Crippen molar-refractivity contribution in [3.8, 4) is 0 Å². The summed E-state index contributed by atoms with van der Waals surface area (Å²) in [6.07, 6.45) is 9.44. The molecule has 3 saturated heterocycles. The normalized spacial score (nSPS) is 30.4. The number of rotatable bonds is 3. The Hall–Kier alpha value is -2.11. The van der Waals surface area contributed by atoms with Crippen molar-refractivity contribution in [3.05, 3.63) is 29.6 Å². The van der Waals surface area contributed by atoms with Crippen molar-refractivity contribution in [1.82, 2.24) is 10.2 Å². The smallest absolute Gasteiger partial charge is 0.230 e. The minimum absolute atomic E-state index is 0.0153. The van der Waals surface area contributed by atoms with Gasteiger partial charge in [0.25, 0.3) is 0 Å². The molecule has 1 aromatic carbocycles. The highest BCUT2D eigenvalue weighted by Gasteiger charge is 2.50. The number of amides is 2. The third-order valence-corrected chi connectivity index (χ3v) is 7.90. The Morgan fingerprint density at radius 1 is 1.00 bits per heavy atom. The third kappa shape index (κ3) is 3.38. The maximum atomic E-state index is 15.1. The lowest BCUT2D eigenvalue weighted by molar-refractivity contribution is -0.139. The number of carbonyl (C=O) groups is 2. The molecule has 0 unspecified atom stereocenters. The van der Waals surface area contributed by atoms with E-state index in [4.69, 9.17) is 0 Å². The van der Waals surface area contributed by atoms with Gasteiger partial charge in [-0.3, -0.25) is 9.59 Å². The van der Waals surface area contributed by atoms with Gasteiger partial charge in [0.15, 0.2) is 0 Å². The van der Waals surface area contributed by atoms with E-state index in [0.29, 0.717) is 30.7 Å². The summed E-state index contributed by atoms with van der Waals surface area (Å²) in [6, 6.07) is 5.64. The van der Waals surface area contributed by atoms with Crippen LogP contribution in [0.2, 0.25) is 0 Å². The zero-order valence-electron chi connectivity index (χ0n) is 17.7. The highest BCUT2D eigenvalue weighted by molar-refractivity contribution is 5.87. The Bertz CT molecular complexity index is 838. The molecule has 2 amide bonds. The minimum Gasteiger partial charge on any atom is -0.368 e.